The first-order valence-corrected chi connectivity index (χ1v) is 7.89. The lowest BCUT2D eigenvalue weighted by molar-refractivity contribution is 0.452. The smallest absolute Gasteiger partial charge is 0.187 e. The van der Waals surface area contributed by atoms with Crippen molar-refractivity contribution < 1.29 is 10.2 Å². The molecule has 4 rings (SSSR count). The quantitative estimate of drug-likeness (QED) is 0.449. The molecule has 4 N–H and O–H groups in total. The molecule has 0 unspecified atom stereocenters. The minimum atomic E-state index is 0.00894. The number of phenols is 2. The fourth-order valence-corrected chi connectivity index (χ4v) is 3.17. The number of rotatable bonds is 3. The van der Waals surface area contributed by atoms with Crippen LogP contribution in [0.5, 0.6) is 11.5 Å². The van der Waals surface area contributed by atoms with Gasteiger partial charge in [0.15, 0.2) is 5.13 Å². The molecule has 0 amide bonds. The van der Waals surface area contributed by atoms with Gasteiger partial charge in [-0.15, -0.1) is 11.3 Å². The molecule has 2 aromatic carbocycles. The molecule has 4 aromatic rings. The van der Waals surface area contributed by atoms with Crippen LogP contribution in [0.1, 0.15) is 0 Å². The van der Waals surface area contributed by atoms with E-state index in [1.54, 1.807) is 6.07 Å². The number of fused-ring (bicyclic) bond motifs is 1. The highest BCUT2D eigenvalue weighted by Gasteiger charge is 2.10. The van der Waals surface area contributed by atoms with Crippen LogP contribution in [0, 0.1) is 0 Å². The molecular formula is C17H13N3O2S. The lowest BCUT2D eigenvalue weighted by Gasteiger charge is -2.03. The largest absolute Gasteiger partial charge is 0.508 e. The Hall–Kier alpha value is -2.99. The van der Waals surface area contributed by atoms with Crippen LogP contribution < -0.4 is 5.32 Å². The van der Waals surface area contributed by atoms with E-state index in [1.165, 1.54) is 23.5 Å². The van der Waals surface area contributed by atoms with Gasteiger partial charge in [0.05, 0.1) is 5.69 Å². The first kappa shape index (κ1) is 13.7. The number of hydrogen-bond acceptors (Lipinski definition) is 5. The lowest BCUT2D eigenvalue weighted by atomic mass is 10.1. The molecule has 2 aromatic heterocycles. The molecule has 0 fully saturated rings. The number of aromatic hydroxyl groups is 2. The van der Waals surface area contributed by atoms with Crippen LogP contribution in [0.2, 0.25) is 0 Å². The van der Waals surface area contributed by atoms with Crippen LogP contribution in [-0.2, 0) is 0 Å². The summed E-state index contributed by atoms with van der Waals surface area (Å²) in [7, 11) is 0. The van der Waals surface area contributed by atoms with Crippen molar-refractivity contribution in [2.75, 3.05) is 5.32 Å². The summed E-state index contributed by atoms with van der Waals surface area (Å²) in [6.07, 6.45) is 1.91. The molecule has 0 spiro atoms. The van der Waals surface area contributed by atoms with Crippen LogP contribution in [0.25, 0.3) is 22.2 Å². The number of nitrogens with one attached hydrogen (secondary N) is 2. The first-order chi connectivity index (χ1) is 11.2. The first-order valence-electron chi connectivity index (χ1n) is 7.01. The van der Waals surface area contributed by atoms with Gasteiger partial charge in [0, 0.05) is 34.4 Å². The van der Waals surface area contributed by atoms with Crippen molar-refractivity contribution in [2.45, 2.75) is 0 Å². The summed E-state index contributed by atoms with van der Waals surface area (Å²) >= 11 is 1.45. The fourth-order valence-electron chi connectivity index (χ4n) is 2.44. The maximum atomic E-state index is 9.92. The van der Waals surface area contributed by atoms with Crippen molar-refractivity contribution in [1.29, 1.82) is 0 Å². The van der Waals surface area contributed by atoms with Crippen molar-refractivity contribution in [1.82, 2.24) is 9.97 Å². The molecule has 23 heavy (non-hydrogen) atoms. The summed E-state index contributed by atoms with van der Waals surface area (Å²) in [4.78, 5) is 7.67. The van der Waals surface area contributed by atoms with Gasteiger partial charge in [0.2, 0.25) is 0 Å². The highest BCUT2D eigenvalue weighted by atomic mass is 32.1. The summed E-state index contributed by atoms with van der Waals surface area (Å²) in [6, 6.07) is 12.6. The Morgan fingerprint density at radius 3 is 2.83 bits per heavy atom. The normalized spacial score (nSPS) is 11.0. The SMILES string of the molecule is Oc1ccc(-c2csc(Nc3ccc4cc[nH]c4c3)n2)c(O)c1. The minimum absolute atomic E-state index is 0.00894. The van der Waals surface area contributed by atoms with E-state index in [2.05, 4.69) is 15.3 Å². The van der Waals surface area contributed by atoms with Gasteiger partial charge in [-0.3, -0.25) is 0 Å². The maximum absolute atomic E-state index is 9.92. The monoisotopic (exact) mass is 323 g/mol. The Bertz CT molecular complexity index is 990. The lowest BCUT2D eigenvalue weighted by Crippen LogP contribution is -1.89. The van der Waals surface area contributed by atoms with Crippen molar-refractivity contribution in [2.24, 2.45) is 0 Å². The predicted molar refractivity (Wildman–Crippen MR) is 92.5 cm³/mol. The van der Waals surface area contributed by atoms with Crippen molar-refractivity contribution in [3.05, 3.63) is 54.0 Å². The van der Waals surface area contributed by atoms with Gasteiger partial charge in [0.1, 0.15) is 11.5 Å². The van der Waals surface area contributed by atoms with E-state index in [1.807, 2.05) is 35.8 Å². The molecule has 2 heterocycles. The second-order valence-corrected chi connectivity index (χ2v) is 6.00. The van der Waals surface area contributed by atoms with E-state index < -0.39 is 0 Å². The molecule has 0 aliphatic rings. The summed E-state index contributed by atoms with van der Waals surface area (Å²) in [5.74, 6) is 0.0359. The van der Waals surface area contributed by atoms with Crippen molar-refractivity contribution in [3.8, 4) is 22.8 Å². The average Bonchev–Trinajstić information content (AvgIpc) is 3.16. The average molecular weight is 323 g/mol. The Morgan fingerprint density at radius 2 is 1.96 bits per heavy atom. The highest BCUT2D eigenvalue weighted by Crippen LogP contribution is 2.34. The predicted octanol–water partition coefficient (Wildman–Crippen LogP) is 4.45. The third-order valence-corrected chi connectivity index (χ3v) is 4.33. The number of aromatic nitrogens is 2. The summed E-state index contributed by atoms with van der Waals surface area (Å²) in [5, 5.41) is 26.3. The molecule has 0 saturated carbocycles. The molecule has 6 heteroatoms. The van der Waals surface area contributed by atoms with Gasteiger partial charge in [-0.05, 0) is 35.7 Å². The Labute approximate surface area is 135 Å². The Kier molecular flexibility index (Phi) is 3.17. The topological polar surface area (TPSA) is 81.2 Å². The number of benzene rings is 2. The molecule has 114 valence electrons. The van der Waals surface area contributed by atoms with Gasteiger partial charge < -0.3 is 20.5 Å². The molecular weight excluding hydrogens is 310 g/mol. The third-order valence-electron chi connectivity index (χ3n) is 3.57. The second kappa shape index (κ2) is 5.33. The zero-order chi connectivity index (χ0) is 15.8. The van der Waals surface area contributed by atoms with E-state index in [0.717, 1.165) is 21.7 Å². The number of nitrogens with zero attached hydrogens (tertiary/aromatic N) is 1. The number of aromatic amines is 1. The molecule has 0 aliphatic carbocycles. The Morgan fingerprint density at radius 1 is 1.04 bits per heavy atom. The van der Waals surface area contributed by atoms with Crippen molar-refractivity contribution in [3.63, 3.8) is 0 Å². The van der Waals surface area contributed by atoms with E-state index in [9.17, 15) is 10.2 Å². The van der Waals surface area contributed by atoms with E-state index in [4.69, 9.17) is 0 Å². The standard InChI is InChI=1S/C17H13N3O2S/c21-12-3-4-13(16(22)8-12)15-9-23-17(20-15)19-11-2-1-10-5-6-18-14(10)7-11/h1-9,18,21-22H,(H,19,20). The van der Waals surface area contributed by atoms with Crippen LogP contribution in [0.4, 0.5) is 10.8 Å². The third kappa shape index (κ3) is 2.60. The van der Waals surface area contributed by atoms with E-state index in [-0.39, 0.29) is 11.5 Å². The molecule has 0 radical (unpaired) electrons. The van der Waals surface area contributed by atoms with Crippen LogP contribution in [0.3, 0.4) is 0 Å². The molecule has 0 aliphatic heterocycles. The molecule has 0 saturated heterocycles. The second-order valence-electron chi connectivity index (χ2n) is 5.14. The van der Waals surface area contributed by atoms with E-state index in [0.29, 0.717) is 11.3 Å². The van der Waals surface area contributed by atoms with Crippen LogP contribution >= 0.6 is 11.3 Å². The van der Waals surface area contributed by atoms with Gasteiger partial charge in [0.25, 0.3) is 0 Å². The van der Waals surface area contributed by atoms with Gasteiger partial charge in [-0.1, -0.05) is 6.07 Å². The van der Waals surface area contributed by atoms with Gasteiger partial charge in [-0.25, -0.2) is 4.98 Å². The molecule has 5 nitrogen and oxygen atoms in total. The summed E-state index contributed by atoms with van der Waals surface area (Å²) in [5.41, 5.74) is 3.25. The Balaban J connectivity index is 1.62. The number of H-pyrrole nitrogens is 1. The van der Waals surface area contributed by atoms with Crippen LogP contribution in [-0.4, -0.2) is 20.2 Å². The van der Waals surface area contributed by atoms with E-state index >= 15 is 0 Å². The minimum Gasteiger partial charge on any atom is -0.508 e. The fraction of sp³-hybridized carbons (Fsp3) is 0. The molecule has 0 atom stereocenters. The van der Waals surface area contributed by atoms with Crippen LogP contribution in [0.15, 0.2) is 54.0 Å². The number of thiazole rings is 1. The maximum Gasteiger partial charge on any atom is 0.187 e. The number of phenolic OH excluding ortho intramolecular Hbond substituents is 2. The summed E-state index contributed by atoms with van der Waals surface area (Å²) < 4.78 is 0. The zero-order valence-corrected chi connectivity index (χ0v) is 12.8. The van der Waals surface area contributed by atoms with Crippen molar-refractivity contribution >= 4 is 33.1 Å². The molecule has 0 bridgehead atoms. The highest BCUT2D eigenvalue weighted by molar-refractivity contribution is 7.14. The van der Waals surface area contributed by atoms with Gasteiger partial charge >= 0.3 is 0 Å². The van der Waals surface area contributed by atoms with Gasteiger partial charge in [-0.2, -0.15) is 0 Å². The summed E-state index contributed by atoms with van der Waals surface area (Å²) in [6.45, 7) is 0. The number of hydrogen-bond donors (Lipinski definition) is 4. The number of anilines is 2. The zero-order valence-electron chi connectivity index (χ0n) is 11.9.